The Morgan fingerprint density at radius 3 is 2.92 bits per heavy atom. The lowest BCUT2D eigenvalue weighted by Gasteiger charge is -2.36. The van der Waals surface area contributed by atoms with E-state index in [0.29, 0.717) is 38.5 Å². The van der Waals surface area contributed by atoms with E-state index in [1.54, 1.807) is 6.07 Å². The quantitative estimate of drug-likeness (QED) is 0.858. The number of amides is 1. The molecule has 0 aromatic carbocycles. The van der Waals surface area contributed by atoms with Gasteiger partial charge in [0.25, 0.3) is 5.56 Å². The average molecular weight is 359 g/mol. The molecule has 26 heavy (non-hydrogen) atoms. The van der Waals surface area contributed by atoms with Crippen LogP contribution in [0.25, 0.3) is 5.65 Å². The van der Waals surface area contributed by atoms with Crippen LogP contribution in [0, 0.1) is 12.8 Å². The second-order valence-corrected chi connectivity index (χ2v) is 7.23. The standard InChI is InChI=1S/C18H25N5O3/c1-13-9-16-19-15(10-17(24)23(16)20-13)12-21-4-2-3-14(11-21)18(25)22-5-7-26-8-6-22/h9-10,14,20H,2-8,11-12H2,1H3. The van der Waals surface area contributed by atoms with Gasteiger partial charge in [-0.15, -0.1) is 0 Å². The van der Waals surface area contributed by atoms with Crippen molar-refractivity contribution < 1.29 is 9.53 Å². The number of nitrogens with zero attached hydrogens (tertiary/aromatic N) is 4. The molecule has 140 valence electrons. The first-order valence-electron chi connectivity index (χ1n) is 9.27. The molecule has 1 atom stereocenters. The molecule has 8 nitrogen and oxygen atoms in total. The van der Waals surface area contributed by atoms with Crippen molar-refractivity contribution in [2.75, 3.05) is 39.4 Å². The van der Waals surface area contributed by atoms with Crippen LogP contribution in [0.1, 0.15) is 24.2 Å². The minimum atomic E-state index is -0.101. The molecule has 1 amide bonds. The maximum atomic E-state index is 12.8. The summed E-state index contributed by atoms with van der Waals surface area (Å²) in [5.41, 5.74) is 2.20. The van der Waals surface area contributed by atoms with E-state index in [2.05, 4.69) is 15.0 Å². The number of carbonyl (C=O) groups is 1. The molecule has 0 bridgehead atoms. The van der Waals surface area contributed by atoms with Crippen LogP contribution >= 0.6 is 0 Å². The number of ether oxygens (including phenoxy) is 1. The number of piperidine rings is 1. The van der Waals surface area contributed by atoms with E-state index < -0.39 is 0 Å². The fourth-order valence-electron chi connectivity index (χ4n) is 3.91. The molecule has 1 N–H and O–H groups in total. The maximum Gasteiger partial charge on any atom is 0.272 e. The third-order valence-corrected chi connectivity index (χ3v) is 5.19. The van der Waals surface area contributed by atoms with Gasteiger partial charge in [-0.3, -0.25) is 19.6 Å². The number of aromatic amines is 1. The highest BCUT2D eigenvalue weighted by molar-refractivity contribution is 5.79. The number of aromatic nitrogens is 3. The van der Waals surface area contributed by atoms with Crippen LogP contribution < -0.4 is 5.56 Å². The van der Waals surface area contributed by atoms with Gasteiger partial charge in [-0.05, 0) is 26.3 Å². The van der Waals surface area contributed by atoms with Crippen molar-refractivity contribution in [1.82, 2.24) is 24.4 Å². The van der Waals surface area contributed by atoms with Gasteiger partial charge in [0.2, 0.25) is 5.91 Å². The molecule has 2 saturated heterocycles. The molecular formula is C18H25N5O3. The molecule has 1 unspecified atom stereocenters. The zero-order chi connectivity index (χ0) is 18.1. The van der Waals surface area contributed by atoms with E-state index >= 15 is 0 Å². The summed E-state index contributed by atoms with van der Waals surface area (Å²) >= 11 is 0. The van der Waals surface area contributed by atoms with Gasteiger partial charge in [-0.2, -0.15) is 0 Å². The molecule has 0 radical (unpaired) electrons. The van der Waals surface area contributed by atoms with Gasteiger partial charge in [-0.1, -0.05) is 0 Å². The van der Waals surface area contributed by atoms with Crippen LogP contribution in [-0.4, -0.2) is 69.7 Å². The number of aryl methyl sites for hydroxylation is 1. The van der Waals surface area contributed by atoms with Gasteiger partial charge >= 0.3 is 0 Å². The Hall–Kier alpha value is -2.19. The third-order valence-electron chi connectivity index (χ3n) is 5.19. The Morgan fingerprint density at radius 2 is 2.12 bits per heavy atom. The molecule has 8 heteroatoms. The molecule has 2 fully saturated rings. The predicted molar refractivity (Wildman–Crippen MR) is 95.9 cm³/mol. The van der Waals surface area contributed by atoms with E-state index in [-0.39, 0.29) is 17.4 Å². The van der Waals surface area contributed by atoms with Crippen LogP contribution in [0.15, 0.2) is 16.9 Å². The van der Waals surface area contributed by atoms with Gasteiger partial charge in [0.15, 0.2) is 5.65 Å². The van der Waals surface area contributed by atoms with Crippen molar-refractivity contribution in [3.05, 3.63) is 33.9 Å². The Labute approximate surface area is 151 Å². The second-order valence-electron chi connectivity index (χ2n) is 7.23. The Bertz CT molecular complexity index is 852. The molecule has 4 rings (SSSR count). The molecule has 2 aromatic heterocycles. The molecule has 4 heterocycles. The fourth-order valence-corrected chi connectivity index (χ4v) is 3.91. The smallest absolute Gasteiger partial charge is 0.272 e. The number of morpholine rings is 1. The maximum absolute atomic E-state index is 12.8. The zero-order valence-electron chi connectivity index (χ0n) is 15.1. The third kappa shape index (κ3) is 3.52. The molecule has 0 aliphatic carbocycles. The Morgan fingerprint density at radius 1 is 1.31 bits per heavy atom. The monoisotopic (exact) mass is 359 g/mol. The van der Waals surface area contributed by atoms with Crippen LogP contribution in [0.3, 0.4) is 0 Å². The normalized spacial score (nSPS) is 22.0. The number of likely N-dealkylation sites (tertiary alicyclic amines) is 1. The lowest BCUT2D eigenvalue weighted by atomic mass is 9.96. The molecular weight excluding hydrogens is 334 g/mol. The largest absolute Gasteiger partial charge is 0.378 e. The lowest BCUT2D eigenvalue weighted by molar-refractivity contribution is -0.141. The summed E-state index contributed by atoms with van der Waals surface area (Å²) in [5.74, 6) is 0.268. The number of fused-ring (bicyclic) bond motifs is 1. The number of H-pyrrole nitrogens is 1. The number of hydrogen-bond donors (Lipinski definition) is 1. The first kappa shape index (κ1) is 17.2. The SMILES string of the molecule is Cc1cc2nc(CN3CCCC(C(=O)N4CCOCC4)C3)cc(=O)n2[nH]1. The van der Waals surface area contributed by atoms with E-state index in [1.165, 1.54) is 4.52 Å². The van der Waals surface area contributed by atoms with Crippen molar-refractivity contribution in [2.45, 2.75) is 26.3 Å². The number of carbonyl (C=O) groups excluding carboxylic acids is 1. The van der Waals surface area contributed by atoms with Crippen molar-refractivity contribution >= 4 is 11.6 Å². The van der Waals surface area contributed by atoms with Gasteiger partial charge < -0.3 is 9.64 Å². The van der Waals surface area contributed by atoms with Crippen molar-refractivity contribution in [3.8, 4) is 0 Å². The summed E-state index contributed by atoms with van der Waals surface area (Å²) in [5, 5.41) is 2.98. The van der Waals surface area contributed by atoms with Gasteiger partial charge in [0.1, 0.15) is 0 Å². The highest BCUT2D eigenvalue weighted by atomic mass is 16.5. The summed E-state index contributed by atoms with van der Waals surface area (Å²) in [6, 6.07) is 3.45. The molecule has 0 saturated carbocycles. The minimum absolute atomic E-state index is 0.0289. The van der Waals surface area contributed by atoms with Crippen LogP contribution in [-0.2, 0) is 16.1 Å². The minimum Gasteiger partial charge on any atom is -0.378 e. The fraction of sp³-hybridized carbons (Fsp3) is 0.611. The molecule has 2 aliphatic rings. The number of rotatable bonds is 3. The Kier molecular flexibility index (Phi) is 4.78. The molecule has 2 aliphatic heterocycles. The predicted octanol–water partition coefficient (Wildman–Crippen LogP) is 0.402. The van der Waals surface area contributed by atoms with Crippen LogP contribution in [0.4, 0.5) is 0 Å². The average Bonchev–Trinajstić information content (AvgIpc) is 3.03. The topological polar surface area (TPSA) is 82.9 Å². The van der Waals surface area contributed by atoms with E-state index in [9.17, 15) is 9.59 Å². The summed E-state index contributed by atoms with van der Waals surface area (Å²) in [6.45, 7) is 6.80. The Balaban J connectivity index is 1.45. The lowest BCUT2D eigenvalue weighted by Crippen LogP contribution is -2.48. The summed E-state index contributed by atoms with van der Waals surface area (Å²) in [7, 11) is 0. The first-order valence-corrected chi connectivity index (χ1v) is 9.27. The van der Waals surface area contributed by atoms with Crippen molar-refractivity contribution in [1.29, 1.82) is 0 Å². The van der Waals surface area contributed by atoms with Crippen LogP contribution in [0.5, 0.6) is 0 Å². The summed E-state index contributed by atoms with van der Waals surface area (Å²) < 4.78 is 6.80. The molecule has 2 aromatic rings. The highest BCUT2D eigenvalue weighted by Crippen LogP contribution is 2.21. The summed E-state index contributed by atoms with van der Waals surface area (Å²) in [4.78, 5) is 33.7. The van der Waals surface area contributed by atoms with E-state index in [0.717, 1.165) is 37.3 Å². The van der Waals surface area contributed by atoms with Gasteiger partial charge in [0.05, 0.1) is 24.8 Å². The van der Waals surface area contributed by atoms with E-state index in [4.69, 9.17) is 4.74 Å². The van der Waals surface area contributed by atoms with Crippen molar-refractivity contribution in [3.63, 3.8) is 0 Å². The van der Waals surface area contributed by atoms with E-state index in [1.807, 2.05) is 17.9 Å². The summed E-state index contributed by atoms with van der Waals surface area (Å²) in [6.07, 6.45) is 1.92. The van der Waals surface area contributed by atoms with Crippen molar-refractivity contribution in [2.24, 2.45) is 5.92 Å². The van der Waals surface area contributed by atoms with Gasteiger partial charge in [-0.25, -0.2) is 9.50 Å². The first-order chi connectivity index (χ1) is 12.6. The number of hydrogen-bond acceptors (Lipinski definition) is 5. The van der Waals surface area contributed by atoms with Crippen LogP contribution in [0.2, 0.25) is 0 Å². The number of nitrogens with one attached hydrogen (secondary N) is 1. The second kappa shape index (κ2) is 7.20. The highest BCUT2D eigenvalue weighted by Gasteiger charge is 2.30. The molecule has 0 spiro atoms. The zero-order valence-corrected chi connectivity index (χ0v) is 15.1. The van der Waals surface area contributed by atoms with Gasteiger partial charge in [0, 0.05) is 44.0 Å².